The Morgan fingerprint density at radius 2 is 1.97 bits per heavy atom. The molecule has 0 saturated carbocycles. The number of amides is 1. The lowest BCUT2D eigenvalue weighted by Gasteiger charge is -2.26. The minimum absolute atomic E-state index is 0.0349. The minimum atomic E-state index is 0.0349. The molecule has 2 aromatic heterocycles. The topological polar surface area (TPSA) is 63.1 Å². The molecule has 0 aliphatic carbocycles. The number of carbonyl (C=O) groups is 1. The van der Waals surface area contributed by atoms with Crippen LogP contribution < -0.4 is 5.32 Å². The van der Waals surface area contributed by atoms with E-state index in [1.165, 1.54) is 35.0 Å². The zero-order chi connectivity index (χ0) is 20.8. The second-order valence-electron chi connectivity index (χ2n) is 7.47. The normalized spacial score (nSPS) is 15.4. The van der Waals surface area contributed by atoms with Crippen LogP contribution in [0, 0.1) is 6.92 Å². The first-order valence-corrected chi connectivity index (χ1v) is 12.2. The number of aryl methyl sites for hydroxylation is 1. The van der Waals surface area contributed by atoms with Crippen LogP contribution in [0.2, 0.25) is 0 Å². The molecule has 1 aliphatic heterocycles. The predicted octanol–water partition coefficient (Wildman–Crippen LogP) is 3.74. The molecule has 1 saturated heterocycles. The summed E-state index contributed by atoms with van der Waals surface area (Å²) in [5.74, 6) is 1.23. The maximum absolute atomic E-state index is 12.6. The first-order chi connectivity index (χ1) is 14.7. The molecule has 1 unspecified atom stereocenters. The Hall–Kier alpha value is -2.16. The van der Waals surface area contributed by atoms with Gasteiger partial charge in [0.25, 0.3) is 0 Å². The zero-order valence-electron chi connectivity index (χ0n) is 17.2. The van der Waals surface area contributed by atoms with Gasteiger partial charge < -0.3 is 9.88 Å². The molecule has 1 aromatic carbocycles. The number of hydrogen-bond donors (Lipinski definition) is 1. The van der Waals surface area contributed by atoms with Gasteiger partial charge in [0.15, 0.2) is 5.16 Å². The highest BCUT2D eigenvalue weighted by atomic mass is 32.2. The van der Waals surface area contributed by atoms with Gasteiger partial charge in [0.1, 0.15) is 5.82 Å². The van der Waals surface area contributed by atoms with Gasteiger partial charge in [-0.05, 0) is 49.9 Å². The summed E-state index contributed by atoms with van der Waals surface area (Å²) in [6.45, 7) is 5.51. The Bertz CT molecular complexity index is 936. The molecule has 1 atom stereocenters. The number of benzene rings is 1. The summed E-state index contributed by atoms with van der Waals surface area (Å²) in [7, 11) is 0. The standard InChI is InChI=1S/C22H27N5OS2/c1-17-24-25-22(27(17)15-18-8-3-2-4-9-18)30-16-21(28)23-14-19(20-10-7-13-29-20)26-11-5-6-12-26/h2-4,7-10,13,19H,5-6,11-12,14-16H2,1H3,(H,23,28). The fourth-order valence-corrected chi connectivity index (χ4v) is 5.43. The van der Waals surface area contributed by atoms with Crippen molar-refractivity contribution in [2.75, 3.05) is 25.4 Å². The number of thioether (sulfide) groups is 1. The van der Waals surface area contributed by atoms with Gasteiger partial charge in [0, 0.05) is 11.4 Å². The molecule has 158 valence electrons. The fourth-order valence-electron chi connectivity index (χ4n) is 3.75. The molecule has 0 radical (unpaired) electrons. The van der Waals surface area contributed by atoms with Crippen molar-refractivity contribution in [1.29, 1.82) is 0 Å². The Morgan fingerprint density at radius 1 is 1.17 bits per heavy atom. The van der Waals surface area contributed by atoms with Gasteiger partial charge in [-0.1, -0.05) is 48.2 Å². The van der Waals surface area contributed by atoms with Crippen molar-refractivity contribution in [3.8, 4) is 0 Å². The van der Waals surface area contributed by atoms with E-state index in [0.717, 1.165) is 24.1 Å². The highest BCUT2D eigenvalue weighted by molar-refractivity contribution is 7.99. The summed E-state index contributed by atoms with van der Waals surface area (Å²) >= 11 is 3.21. The van der Waals surface area contributed by atoms with Gasteiger partial charge in [-0.3, -0.25) is 9.69 Å². The van der Waals surface area contributed by atoms with Crippen LogP contribution in [0.25, 0.3) is 0 Å². The van der Waals surface area contributed by atoms with E-state index in [2.05, 4.69) is 54.6 Å². The first-order valence-electron chi connectivity index (χ1n) is 10.3. The minimum Gasteiger partial charge on any atom is -0.353 e. The van der Waals surface area contributed by atoms with E-state index in [0.29, 0.717) is 18.8 Å². The predicted molar refractivity (Wildman–Crippen MR) is 122 cm³/mol. The van der Waals surface area contributed by atoms with Crippen LogP contribution in [0.4, 0.5) is 0 Å². The quantitative estimate of drug-likeness (QED) is 0.513. The van der Waals surface area contributed by atoms with E-state index >= 15 is 0 Å². The van der Waals surface area contributed by atoms with E-state index in [9.17, 15) is 4.79 Å². The number of thiophene rings is 1. The third kappa shape index (κ3) is 5.30. The molecule has 0 bridgehead atoms. The fraction of sp³-hybridized carbons (Fsp3) is 0.409. The van der Waals surface area contributed by atoms with Gasteiger partial charge in [-0.15, -0.1) is 21.5 Å². The molecule has 0 spiro atoms. The molecule has 1 aliphatic rings. The number of nitrogens with one attached hydrogen (secondary N) is 1. The molecule has 1 amide bonds. The van der Waals surface area contributed by atoms with E-state index < -0.39 is 0 Å². The summed E-state index contributed by atoms with van der Waals surface area (Å²) in [6.07, 6.45) is 2.48. The van der Waals surface area contributed by atoms with Crippen molar-refractivity contribution in [3.05, 3.63) is 64.1 Å². The number of hydrogen-bond acceptors (Lipinski definition) is 6. The van der Waals surface area contributed by atoms with Crippen molar-refractivity contribution in [2.24, 2.45) is 0 Å². The SMILES string of the molecule is Cc1nnc(SCC(=O)NCC(c2cccs2)N2CCCC2)n1Cc1ccccc1. The van der Waals surface area contributed by atoms with E-state index in [1.54, 1.807) is 11.3 Å². The summed E-state index contributed by atoms with van der Waals surface area (Å²) in [5.41, 5.74) is 1.19. The van der Waals surface area contributed by atoms with Crippen molar-refractivity contribution in [3.63, 3.8) is 0 Å². The summed E-state index contributed by atoms with van der Waals surface area (Å²) in [5, 5.41) is 14.5. The number of aromatic nitrogens is 3. The van der Waals surface area contributed by atoms with Crippen molar-refractivity contribution in [2.45, 2.75) is 37.5 Å². The van der Waals surface area contributed by atoms with Gasteiger partial charge in [-0.2, -0.15) is 0 Å². The van der Waals surface area contributed by atoms with Crippen LogP contribution >= 0.6 is 23.1 Å². The molecule has 1 fully saturated rings. The monoisotopic (exact) mass is 441 g/mol. The summed E-state index contributed by atoms with van der Waals surface area (Å²) < 4.78 is 2.06. The lowest BCUT2D eigenvalue weighted by atomic mass is 10.2. The third-order valence-electron chi connectivity index (χ3n) is 5.36. The van der Waals surface area contributed by atoms with E-state index in [-0.39, 0.29) is 11.9 Å². The Kier molecular flexibility index (Phi) is 7.20. The Balaban J connectivity index is 1.32. The van der Waals surface area contributed by atoms with Crippen molar-refractivity contribution < 1.29 is 4.79 Å². The van der Waals surface area contributed by atoms with E-state index in [4.69, 9.17) is 0 Å². The van der Waals surface area contributed by atoms with Crippen LogP contribution in [0.15, 0.2) is 53.0 Å². The second kappa shape index (κ2) is 10.2. The zero-order valence-corrected chi connectivity index (χ0v) is 18.8. The maximum atomic E-state index is 12.6. The van der Waals surface area contributed by atoms with Crippen LogP contribution in [0.1, 0.15) is 35.1 Å². The lowest BCUT2D eigenvalue weighted by molar-refractivity contribution is -0.118. The van der Waals surface area contributed by atoms with Crippen molar-refractivity contribution in [1.82, 2.24) is 25.0 Å². The Labute approximate surface area is 185 Å². The number of rotatable bonds is 9. The average Bonchev–Trinajstić information content (AvgIpc) is 3.53. The molecule has 1 N–H and O–H groups in total. The molecular formula is C22H27N5OS2. The smallest absolute Gasteiger partial charge is 0.230 e. The van der Waals surface area contributed by atoms with Crippen LogP contribution in [0.5, 0.6) is 0 Å². The lowest BCUT2D eigenvalue weighted by Crippen LogP contribution is -2.37. The molecule has 3 aromatic rings. The summed E-state index contributed by atoms with van der Waals surface area (Å²) in [6, 6.07) is 14.8. The van der Waals surface area contributed by atoms with Crippen LogP contribution in [-0.2, 0) is 11.3 Å². The Morgan fingerprint density at radius 3 is 2.70 bits per heavy atom. The molecule has 3 heterocycles. The first kappa shape index (κ1) is 21.1. The number of carbonyl (C=O) groups excluding carboxylic acids is 1. The third-order valence-corrected chi connectivity index (χ3v) is 7.30. The highest BCUT2D eigenvalue weighted by Gasteiger charge is 2.24. The van der Waals surface area contributed by atoms with Gasteiger partial charge in [0.2, 0.25) is 5.91 Å². The van der Waals surface area contributed by atoms with Gasteiger partial charge in [0.05, 0.1) is 18.3 Å². The van der Waals surface area contributed by atoms with Crippen molar-refractivity contribution >= 4 is 29.0 Å². The molecule has 8 heteroatoms. The molecular weight excluding hydrogens is 414 g/mol. The number of likely N-dealkylation sites (tertiary alicyclic amines) is 1. The maximum Gasteiger partial charge on any atom is 0.230 e. The molecule has 4 rings (SSSR count). The van der Waals surface area contributed by atoms with Gasteiger partial charge >= 0.3 is 0 Å². The summed E-state index contributed by atoms with van der Waals surface area (Å²) in [4.78, 5) is 16.4. The number of nitrogens with zero attached hydrogens (tertiary/aromatic N) is 4. The highest BCUT2D eigenvalue weighted by Crippen LogP contribution is 2.28. The second-order valence-corrected chi connectivity index (χ2v) is 9.39. The molecule has 30 heavy (non-hydrogen) atoms. The molecule has 6 nitrogen and oxygen atoms in total. The van der Waals surface area contributed by atoms with Crippen LogP contribution in [0.3, 0.4) is 0 Å². The largest absolute Gasteiger partial charge is 0.353 e. The average molecular weight is 442 g/mol. The van der Waals surface area contributed by atoms with Gasteiger partial charge in [-0.25, -0.2) is 0 Å². The van der Waals surface area contributed by atoms with E-state index in [1.807, 2.05) is 25.1 Å². The van der Waals surface area contributed by atoms with Crippen LogP contribution in [-0.4, -0.2) is 51.0 Å².